The van der Waals surface area contributed by atoms with Gasteiger partial charge in [-0.1, -0.05) is 26.8 Å². The molecule has 1 aromatic carbocycles. The van der Waals surface area contributed by atoms with E-state index in [2.05, 4.69) is 32.2 Å². The Hall–Kier alpha value is -2.57. The number of carbonyl (C=O) groups excluding carboxylic acids is 3. The predicted molar refractivity (Wildman–Crippen MR) is 95.7 cm³/mol. The average molecular weight is 344 g/mol. The third-order valence-electron chi connectivity index (χ3n) is 5.01. The van der Waals surface area contributed by atoms with Gasteiger partial charge in [-0.25, -0.2) is 4.79 Å². The number of carbonyl (C=O) groups is 3. The Labute approximate surface area is 147 Å². The third kappa shape index (κ3) is 2.37. The molecule has 0 aromatic heterocycles. The number of imide groups is 2. The number of fused-ring (bicyclic) bond motifs is 1. The highest BCUT2D eigenvalue weighted by Crippen LogP contribution is 2.39. The fourth-order valence-corrected chi connectivity index (χ4v) is 3.45. The summed E-state index contributed by atoms with van der Waals surface area (Å²) >= 11 is 0. The second-order valence-corrected chi connectivity index (χ2v) is 7.88. The van der Waals surface area contributed by atoms with Gasteiger partial charge >= 0.3 is 6.03 Å². The van der Waals surface area contributed by atoms with Crippen LogP contribution in [-0.2, 0) is 15.0 Å². The number of amides is 4. The summed E-state index contributed by atoms with van der Waals surface area (Å²) in [5.74, 6) is -1.06. The lowest BCUT2D eigenvalue weighted by Gasteiger charge is -2.47. The van der Waals surface area contributed by atoms with Crippen molar-refractivity contribution in [2.75, 3.05) is 37.9 Å². The van der Waals surface area contributed by atoms with Crippen LogP contribution in [0.5, 0.6) is 0 Å². The van der Waals surface area contributed by atoms with Gasteiger partial charge in [0.1, 0.15) is 0 Å². The first kappa shape index (κ1) is 17.3. The van der Waals surface area contributed by atoms with Crippen LogP contribution in [0.25, 0.3) is 0 Å². The summed E-state index contributed by atoms with van der Waals surface area (Å²) in [6.07, 6.45) is 0. The van der Waals surface area contributed by atoms with Crippen molar-refractivity contribution >= 4 is 29.2 Å². The van der Waals surface area contributed by atoms with Crippen LogP contribution >= 0.6 is 0 Å². The van der Waals surface area contributed by atoms with Crippen LogP contribution in [0.3, 0.4) is 0 Å². The zero-order valence-corrected chi connectivity index (χ0v) is 15.5. The van der Waals surface area contributed by atoms with Crippen molar-refractivity contribution in [2.45, 2.75) is 31.7 Å². The summed E-state index contributed by atoms with van der Waals surface area (Å²) in [4.78, 5) is 41.7. The van der Waals surface area contributed by atoms with E-state index in [0.29, 0.717) is 0 Å². The summed E-state index contributed by atoms with van der Waals surface area (Å²) in [6, 6.07) is 5.41. The van der Waals surface area contributed by atoms with Gasteiger partial charge in [-0.2, -0.15) is 0 Å². The molecule has 0 saturated carbocycles. The van der Waals surface area contributed by atoms with Crippen molar-refractivity contribution in [1.82, 2.24) is 9.80 Å². The van der Waals surface area contributed by atoms with E-state index in [4.69, 9.17) is 0 Å². The third-order valence-corrected chi connectivity index (χ3v) is 5.01. The van der Waals surface area contributed by atoms with Gasteiger partial charge in [0.2, 0.25) is 5.54 Å². The molecular formula is C18H24N4O3. The molecule has 0 radical (unpaired) electrons. The molecular weight excluding hydrogens is 320 g/mol. The summed E-state index contributed by atoms with van der Waals surface area (Å²) in [6.45, 7) is 6.48. The summed E-state index contributed by atoms with van der Waals surface area (Å²) in [7, 11) is 4.64. The molecule has 7 heteroatoms. The van der Waals surface area contributed by atoms with Crippen molar-refractivity contribution in [3.8, 4) is 0 Å². The largest absolute Gasteiger partial charge is 0.369 e. The minimum Gasteiger partial charge on any atom is -0.369 e. The maximum atomic E-state index is 12.9. The molecule has 3 rings (SSSR count). The lowest BCUT2D eigenvalue weighted by molar-refractivity contribution is -0.148. The second kappa shape index (κ2) is 5.21. The minimum absolute atomic E-state index is 0.0655. The molecule has 2 aliphatic heterocycles. The lowest BCUT2D eigenvalue weighted by atomic mass is 9.84. The van der Waals surface area contributed by atoms with Gasteiger partial charge in [0.15, 0.2) is 0 Å². The van der Waals surface area contributed by atoms with E-state index in [-0.39, 0.29) is 12.0 Å². The first-order chi connectivity index (χ1) is 11.5. The van der Waals surface area contributed by atoms with Gasteiger partial charge in [0, 0.05) is 21.1 Å². The molecule has 2 heterocycles. The first-order valence-electron chi connectivity index (χ1n) is 8.23. The molecule has 2 aliphatic rings. The molecule has 0 unspecified atom stereocenters. The van der Waals surface area contributed by atoms with Gasteiger partial charge in [0.05, 0.1) is 17.9 Å². The molecule has 4 amide bonds. The van der Waals surface area contributed by atoms with Crippen molar-refractivity contribution in [3.63, 3.8) is 0 Å². The van der Waals surface area contributed by atoms with Crippen LogP contribution < -0.4 is 10.2 Å². The molecule has 134 valence electrons. The Balaban J connectivity index is 2.12. The van der Waals surface area contributed by atoms with Crippen molar-refractivity contribution in [3.05, 3.63) is 23.8 Å². The van der Waals surface area contributed by atoms with E-state index in [1.165, 1.54) is 14.1 Å². The van der Waals surface area contributed by atoms with Crippen LogP contribution in [0.4, 0.5) is 16.2 Å². The number of barbiturate groups is 1. The van der Waals surface area contributed by atoms with E-state index in [9.17, 15) is 14.4 Å². The lowest BCUT2D eigenvalue weighted by Crippen LogP contribution is -2.74. The van der Waals surface area contributed by atoms with Crippen molar-refractivity contribution < 1.29 is 14.4 Å². The quantitative estimate of drug-likeness (QED) is 0.724. The normalized spacial score (nSPS) is 20.1. The molecule has 0 aliphatic carbocycles. The summed E-state index contributed by atoms with van der Waals surface area (Å²) in [5, 5.41) is 3.16. The van der Waals surface area contributed by atoms with E-state index in [0.717, 1.165) is 26.7 Å². The number of rotatable bonds is 0. The van der Waals surface area contributed by atoms with Crippen molar-refractivity contribution in [1.29, 1.82) is 0 Å². The maximum absolute atomic E-state index is 12.9. The van der Waals surface area contributed by atoms with Gasteiger partial charge in [0.25, 0.3) is 11.8 Å². The fourth-order valence-electron chi connectivity index (χ4n) is 3.45. The Bertz CT molecular complexity index is 757. The number of urea groups is 1. The van der Waals surface area contributed by atoms with E-state index >= 15 is 0 Å². The Morgan fingerprint density at radius 1 is 1.00 bits per heavy atom. The van der Waals surface area contributed by atoms with Crippen LogP contribution in [0.1, 0.15) is 26.3 Å². The monoisotopic (exact) mass is 344 g/mol. The summed E-state index contributed by atoms with van der Waals surface area (Å²) in [5.41, 5.74) is 1.18. The number of anilines is 2. The molecule has 0 atom stereocenters. The molecule has 25 heavy (non-hydrogen) atoms. The fraction of sp³-hybridized carbons (Fsp3) is 0.500. The zero-order chi connectivity index (χ0) is 18.7. The van der Waals surface area contributed by atoms with Crippen LogP contribution in [-0.4, -0.2) is 60.9 Å². The average Bonchev–Trinajstić information content (AvgIpc) is 2.55. The SMILES string of the molecule is CN1C(=O)N(C)C(=O)C2(CN(C)c3ccc(C(C)(C)C)cc3N2)C1=O. The Kier molecular flexibility index (Phi) is 3.60. The van der Waals surface area contributed by atoms with Gasteiger partial charge in [-0.15, -0.1) is 0 Å². The number of hydrogen-bond acceptors (Lipinski definition) is 5. The van der Waals surface area contributed by atoms with E-state index in [1.54, 1.807) is 0 Å². The molecule has 1 fully saturated rings. The predicted octanol–water partition coefficient (Wildman–Crippen LogP) is 1.63. The highest BCUT2D eigenvalue weighted by Gasteiger charge is 2.58. The molecule has 1 saturated heterocycles. The molecule has 1 aromatic rings. The molecule has 0 bridgehead atoms. The number of likely N-dealkylation sites (N-methyl/N-ethyl adjacent to an activating group) is 3. The smallest absolute Gasteiger partial charge is 0.333 e. The van der Waals surface area contributed by atoms with Gasteiger partial charge in [-0.3, -0.25) is 19.4 Å². The Morgan fingerprint density at radius 2 is 1.56 bits per heavy atom. The standard InChI is InChI=1S/C18H24N4O3/c1-17(2,3)11-7-8-13-12(9-11)19-18(10-20(13)4)14(23)21(5)16(25)22(6)15(18)24/h7-9,19H,10H2,1-6H3. The van der Waals surface area contributed by atoms with E-state index < -0.39 is 23.4 Å². The van der Waals surface area contributed by atoms with Crippen molar-refractivity contribution in [2.24, 2.45) is 0 Å². The summed E-state index contributed by atoms with van der Waals surface area (Å²) < 4.78 is 0. The Morgan fingerprint density at radius 3 is 2.08 bits per heavy atom. The number of nitrogens with zero attached hydrogens (tertiary/aromatic N) is 3. The zero-order valence-electron chi connectivity index (χ0n) is 15.5. The number of benzene rings is 1. The van der Waals surface area contributed by atoms with Gasteiger partial charge < -0.3 is 10.2 Å². The van der Waals surface area contributed by atoms with Crippen LogP contribution in [0.2, 0.25) is 0 Å². The van der Waals surface area contributed by atoms with E-state index in [1.807, 2.05) is 24.1 Å². The molecule has 1 N–H and O–H groups in total. The molecule has 7 nitrogen and oxygen atoms in total. The second-order valence-electron chi connectivity index (χ2n) is 7.88. The topological polar surface area (TPSA) is 73.0 Å². The highest BCUT2D eigenvalue weighted by atomic mass is 16.2. The first-order valence-corrected chi connectivity index (χ1v) is 8.23. The van der Waals surface area contributed by atoms with Crippen LogP contribution in [0, 0.1) is 0 Å². The number of hydrogen-bond donors (Lipinski definition) is 1. The van der Waals surface area contributed by atoms with Gasteiger partial charge in [-0.05, 0) is 23.1 Å². The van der Waals surface area contributed by atoms with Crippen LogP contribution in [0.15, 0.2) is 18.2 Å². The maximum Gasteiger partial charge on any atom is 0.333 e. The molecule has 1 spiro atoms. The minimum atomic E-state index is -1.49. The number of nitrogens with one attached hydrogen (secondary N) is 1. The highest BCUT2D eigenvalue weighted by molar-refractivity contribution is 6.24.